The largest absolute Gasteiger partial charge is 0.252 e. The number of benzene rings is 8. The van der Waals surface area contributed by atoms with E-state index in [4.69, 9.17) is 4.99 Å². The zero-order valence-corrected chi connectivity index (χ0v) is 33.2. The number of fused-ring (bicyclic) bond motifs is 10. The van der Waals surface area contributed by atoms with Crippen LogP contribution in [0.2, 0.25) is 0 Å². The molecule has 8 aromatic rings. The van der Waals surface area contributed by atoms with Gasteiger partial charge in [-0.2, -0.15) is 0 Å². The van der Waals surface area contributed by atoms with Crippen molar-refractivity contribution in [1.82, 2.24) is 0 Å². The highest BCUT2D eigenvalue weighted by atomic mass is 14.8. The third kappa shape index (κ3) is 5.57. The van der Waals surface area contributed by atoms with Crippen molar-refractivity contribution in [2.75, 3.05) is 0 Å². The van der Waals surface area contributed by atoms with E-state index in [0.29, 0.717) is 0 Å². The number of hydrogen-bond donors (Lipinski definition) is 0. The van der Waals surface area contributed by atoms with Crippen LogP contribution in [-0.4, -0.2) is 5.71 Å². The zero-order chi connectivity index (χ0) is 39.3. The Bertz CT molecular complexity index is 2950. The van der Waals surface area contributed by atoms with Crippen molar-refractivity contribution in [3.8, 4) is 44.5 Å². The summed E-state index contributed by atoms with van der Waals surface area (Å²) in [4.78, 5) is 5.68. The van der Waals surface area contributed by atoms with Crippen molar-refractivity contribution in [1.29, 1.82) is 0 Å². The van der Waals surface area contributed by atoms with Gasteiger partial charge in [-0.05, 0) is 114 Å². The molecule has 3 aliphatic rings. The topological polar surface area (TPSA) is 12.4 Å². The third-order valence-corrected chi connectivity index (χ3v) is 12.8. The first-order valence-corrected chi connectivity index (χ1v) is 21.0. The summed E-state index contributed by atoms with van der Waals surface area (Å²) in [6, 6.07) is 73.8. The molecular formula is C58H43N. The van der Waals surface area contributed by atoms with E-state index in [0.717, 1.165) is 36.2 Å². The van der Waals surface area contributed by atoms with Gasteiger partial charge in [0.25, 0.3) is 0 Å². The first kappa shape index (κ1) is 35.1. The number of rotatable bonds is 6. The average Bonchev–Trinajstić information content (AvgIpc) is 3.78. The van der Waals surface area contributed by atoms with Gasteiger partial charge in [0.05, 0.1) is 11.1 Å². The molecule has 0 aromatic heterocycles. The van der Waals surface area contributed by atoms with E-state index in [-0.39, 0.29) is 5.41 Å². The van der Waals surface area contributed by atoms with Gasteiger partial charge in [0.2, 0.25) is 0 Å². The molecule has 0 unspecified atom stereocenters. The monoisotopic (exact) mass is 753 g/mol. The Morgan fingerprint density at radius 1 is 0.424 bits per heavy atom. The van der Waals surface area contributed by atoms with Gasteiger partial charge < -0.3 is 0 Å². The van der Waals surface area contributed by atoms with Crippen molar-refractivity contribution in [3.63, 3.8) is 0 Å². The molecule has 0 amide bonds. The highest BCUT2D eigenvalue weighted by Crippen LogP contribution is 2.63. The molecule has 1 aliphatic heterocycles. The van der Waals surface area contributed by atoms with Gasteiger partial charge in [0, 0.05) is 11.3 Å². The molecule has 0 atom stereocenters. The molecule has 0 saturated heterocycles. The molecule has 2 aliphatic carbocycles. The Balaban J connectivity index is 1.05. The summed E-state index contributed by atoms with van der Waals surface area (Å²) in [5.41, 5.74) is 23.6. The van der Waals surface area contributed by atoms with Crippen LogP contribution in [-0.2, 0) is 5.41 Å². The summed E-state index contributed by atoms with van der Waals surface area (Å²) in [5.74, 6) is 0. The maximum Gasteiger partial charge on any atom is 0.0743 e. The number of nitrogens with zero attached hydrogens (tertiary/aromatic N) is 1. The SMILES string of the molecule is CCC1=C(c2ccccc2)/N=C(/c2cccc(-c3cccc4c3-c3ccccc3C43c4ccccc4-c4ccccc43)c2)CC/C=C\1c1ccc(-c2ccccc2)cc1. The summed E-state index contributed by atoms with van der Waals surface area (Å²) < 4.78 is 0. The van der Waals surface area contributed by atoms with Crippen molar-refractivity contribution in [2.24, 2.45) is 4.99 Å². The fourth-order valence-corrected chi connectivity index (χ4v) is 10.3. The molecule has 0 radical (unpaired) electrons. The fraction of sp³-hybridized carbons (Fsp3) is 0.0862. The van der Waals surface area contributed by atoms with Crippen LogP contribution in [0.25, 0.3) is 55.8 Å². The molecule has 1 heteroatoms. The summed E-state index contributed by atoms with van der Waals surface area (Å²) in [5, 5.41) is 0. The lowest BCUT2D eigenvalue weighted by Crippen LogP contribution is -2.25. The summed E-state index contributed by atoms with van der Waals surface area (Å²) in [6.45, 7) is 2.27. The van der Waals surface area contributed by atoms with Crippen molar-refractivity contribution in [3.05, 3.63) is 251 Å². The van der Waals surface area contributed by atoms with Crippen LogP contribution in [0.3, 0.4) is 0 Å². The maximum absolute atomic E-state index is 5.68. The predicted molar refractivity (Wildman–Crippen MR) is 247 cm³/mol. The Labute approximate surface area is 347 Å². The molecule has 0 N–H and O–H groups in total. The van der Waals surface area contributed by atoms with E-state index in [9.17, 15) is 0 Å². The van der Waals surface area contributed by atoms with Crippen LogP contribution in [0.15, 0.2) is 217 Å². The van der Waals surface area contributed by atoms with Gasteiger partial charge >= 0.3 is 0 Å². The fourth-order valence-electron chi connectivity index (χ4n) is 10.3. The molecule has 0 bridgehead atoms. The van der Waals surface area contributed by atoms with Crippen molar-refractivity contribution >= 4 is 17.0 Å². The van der Waals surface area contributed by atoms with Crippen LogP contribution in [0, 0.1) is 0 Å². The first-order chi connectivity index (χ1) is 29.2. The maximum atomic E-state index is 5.68. The molecule has 11 rings (SSSR count). The Hall–Kier alpha value is -7.09. The Kier molecular flexibility index (Phi) is 8.56. The predicted octanol–water partition coefficient (Wildman–Crippen LogP) is 14.9. The van der Waals surface area contributed by atoms with Gasteiger partial charge in [-0.3, -0.25) is 4.99 Å². The summed E-state index contributed by atoms with van der Waals surface area (Å²) >= 11 is 0. The minimum atomic E-state index is -0.367. The quantitative estimate of drug-likeness (QED) is 0.160. The molecule has 0 saturated carbocycles. The average molecular weight is 754 g/mol. The van der Waals surface area contributed by atoms with E-state index < -0.39 is 0 Å². The number of allylic oxidation sites excluding steroid dienone is 3. The van der Waals surface area contributed by atoms with E-state index in [1.54, 1.807) is 0 Å². The molecule has 59 heavy (non-hydrogen) atoms. The minimum Gasteiger partial charge on any atom is -0.252 e. The van der Waals surface area contributed by atoms with E-state index in [1.165, 1.54) is 89.0 Å². The van der Waals surface area contributed by atoms with E-state index >= 15 is 0 Å². The van der Waals surface area contributed by atoms with Crippen LogP contribution in [0.1, 0.15) is 65.1 Å². The van der Waals surface area contributed by atoms with Crippen molar-refractivity contribution < 1.29 is 0 Å². The second kappa shape index (κ2) is 14.4. The van der Waals surface area contributed by atoms with Gasteiger partial charge in [-0.25, -0.2) is 0 Å². The van der Waals surface area contributed by atoms with Crippen LogP contribution in [0.5, 0.6) is 0 Å². The number of aliphatic imine (C=N–C) groups is 1. The molecule has 1 heterocycles. The lowest BCUT2D eigenvalue weighted by atomic mass is 9.70. The zero-order valence-electron chi connectivity index (χ0n) is 33.2. The first-order valence-electron chi connectivity index (χ1n) is 21.0. The van der Waals surface area contributed by atoms with E-state index in [2.05, 4.69) is 213 Å². The van der Waals surface area contributed by atoms with Crippen LogP contribution < -0.4 is 0 Å². The Morgan fingerprint density at radius 3 is 1.59 bits per heavy atom. The molecule has 280 valence electrons. The summed E-state index contributed by atoms with van der Waals surface area (Å²) in [7, 11) is 0. The second-order valence-corrected chi connectivity index (χ2v) is 15.9. The van der Waals surface area contributed by atoms with Gasteiger partial charge in [0.1, 0.15) is 0 Å². The van der Waals surface area contributed by atoms with Crippen LogP contribution >= 0.6 is 0 Å². The Morgan fingerprint density at radius 2 is 0.915 bits per heavy atom. The van der Waals surface area contributed by atoms with Gasteiger partial charge in [0.15, 0.2) is 0 Å². The molecule has 0 fully saturated rings. The summed E-state index contributed by atoms with van der Waals surface area (Å²) in [6.07, 6.45) is 5.07. The minimum absolute atomic E-state index is 0.367. The number of hydrogen-bond acceptors (Lipinski definition) is 1. The lowest BCUT2D eigenvalue weighted by molar-refractivity contribution is 0.794. The molecule has 1 nitrogen and oxygen atoms in total. The second-order valence-electron chi connectivity index (χ2n) is 15.9. The normalized spacial score (nSPS) is 17.7. The lowest BCUT2D eigenvalue weighted by Gasteiger charge is -2.30. The highest BCUT2D eigenvalue weighted by Gasteiger charge is 2.51. The standard InChI is InChI=1S/C58H43N/c1-2-45-46(41-36-34-40(35-37-41)39-18-5-3-6-19-39)27-17-33-55(59-57(45)42-20-7-4-8-21-42)44-23-15-22-43(38-44)47-28-16-32-54-56(47)50-26-11-14-31-53(50)58(54)51-29-12-9-24-48(51)49-25-10-13-30-52(49)58/h3-16,18-32,34-38H,2,17,33H2,1H3/b46-27-,57-45-,59-55+. The molecular weight excluding hydrogens is 711 g/mol. The smallest absolute Gasteiger partial charge is 0.0743 e. The highest BCUT2D eigenvalue weighted by molar-refractivity contribution is 6.07. The van der Waals surface area contributed by atoms with Gasteiger partial charge in [-0.15, -0.1) is 0 Å². The third-order valence-electron chi connectivity index (χ3n) is 12.8. The molecule has 8 aromatic carbocycles. The van der Waals surface area contributed by atoms with E-state index in [1.807, 2.05) is 0 Å². The van der Waals surface area contributed by atoms with Crippen molar-refractivity contribution in [2.45, 2.75) is 31.6 Å². The molecule has 1 spiro atoms. The van der Waals surface area contributed by atoms with Gasteiger partial charge in [-0.1, -0.05) is 207 Å². The van der Waals surface area contributed by atoms with Crippen LogP contribution in [0.4, 0.5) is 0 Å².